The number of hydrogen-bond acceptors (Lipinski definition) is 5. The molecule has 0 atom stereocenters. The lowest BCUT2D eigenvalue weighted by atomic mass is 10.3. The Morgan fingerprint density at radius 2 is 2.00 bits per heavy atom. The zero-order valence-electron chi connectivity index (χ0n) is 14.9. The van der Waals surface area contributed by atoms with Crippen molar-refractivity contribution in [2.75, 3.05) is 23.8 Å². The molecule has 0 bridgehead atoms. The summed E-state index contributed by atoms with van der Waals surface area (Å²) in [7, 11) is 0. The molecule has 0 fully saturated rings. The number of nitrogens with one attached hydrogen (secondary N) is 2. The van der Waals surface area contributed by atoms with Gasteiger partial charge in [0.2, 0.25) is 17.5 Å². The molecule has 29 heavy (non-hydrogen) atoms. The van der Waals surface area contributed by atoms with Crippen molar-refractivity contribution in [3.8, 4) is 5.75 Å². The van der Waals surface area contributed by atoms with Gasteiger partial charge in [-0.25, -0.2) is 18.6 Å². The Bertz CT molecular complexity index is 1070. The summed E-state index contributed by atoms with van der Waals surface area (Å²) in [6.07, 6.45) is 1.55. The van der Waals surface area contributed by atoms with E-state index in [9.17, 15) is 18.8 Å². The van der Waals surface area contributed by atoms with Gasteiger partial charge in [0.1, 0.15) is 11.3 Å². The molecule has 0 aliphatic rings. The fraction of sp³-hybridized carbons (Fsp3) is 0.167. The number of benzene rings is 2. The molecule has 1 aromatic heterocycles. The first-order valence-electron chi connectivity index (χ1n) is 8.47. The third-order valence-electron chi connectivity index (χ3n) is 3.77. The normalized spacial score (nSPS) is 10.8. The van der Waals surface area contributed by atoms with Crippen molar-refractivity contribution in [2.45, 2.75) is 6.42 Å². The minimum Gasteiger partial charge on any atom is -0.618 e. The van der Waals surface area contributed by atoms with E-state index < -0.39 is 17.7 Å². The number of rotatable bonds is 6. The summed E-state index contributed by atoms with van der Waals surface area (Å²) in [4.78, 5) is 16.3. The van der Waals surface area contributed by atoms with Crippen molar-refractivity contribution in [3.63, 3.8) is 0 Å². The lowest BCUT2D eigenvalue weighted by molar-refractivity contribution is -0.576. The van der Waals surface area contributed by atoms with E-state index in [1.807, 2.05) is 0 Å². The molecule has 0 saturated carbocycles. The molecule has 2 aromatic carbocycles. The average molecular weight is 424 g/mol. The van der Waals surface area contributed by atoms with E-state index in [1.165, 1.54) is 6.07 Å². The molecular weight excluding hydrogens is 408 g/mol. The topological polar surface area (TPSA) is 116 Å². The van der Waals surface area contributed by atoms with E-state index in [4.69, 9.17) is 22.1 Å². The lowest BCUT2D eigenvalue weighted by Gasteiger charge is -2.13. The fourth-order valence-corrected chi connectivity index (χ4v) is 2.62. The van der Waals surface area contributed by atoms with Crippen LogP contribution in [0.25, 0.3) is 11.0 Å². The van der Waals surface area contributed by atoms with Crippen LogP contribution in [0.15, 0.2) is 36.5 Å². The smallest absolute Gasteiger partial charge is 0.325 e. The van der Waals surface area contributed by atoms with Crippen molar-refractivity contribution >= 4 is 40.2 Å². The van der Waals surface area contributed by atoms with Crippen LogP contribution in [0, 0.1) is 16.8 Å². The molecule has 0 spiro atoms. The first-order chi connectivity index (χ1) is 13.9. The molecule has 8 nitrogen and oxygen atoms in total. The van der Waals surface area contributed by atoms with Crippen LogP contribution in [0.3, 0.4) is 0 Å². The van der Waals surface area contributed by atoms with Gasteiger partial charge >= 0.3 is 6.03 Å². The van der Waals surface area contributed by atoms with Crippen molar-refractivity contribution < 1.29 is 23.0 Å². The standard InChI is InChI=1S/C18H16ClF2N5O3/c19-10-2-3-16(29-5-1-4-22)14(6-10)24-18(27)25-17-9-26(28)15-8-12(21)11(20)7-13(15)23-17/h2-3,6-9H,1,4-5,22H2,(H2,23,24,25,27). The van der Waals surface area contributed by atoms with Crippen molar-refractivity contribution in [3.05, 3.63) is 58.4 Å². The number of hydrogen-bond donors (Lipinski definition) is 3. The summed E-state index contributed by atoms with van der Waals surface area (Å²) in [5, 5.41) is 17.3. The summed E-state index contributed by atoms with van der Waals surface area (Å²) in [5.41, 5.74) is 5.42. The molecule has 3 rings (SSSR count). The number of carbonyl (C=O) groups excluding carboxylic acids is 1. The predicted molar refractivity (Wildman–Crippen MR) is 104 cm³/mol. The zero-order valence-corrected chi connectivity index (χ0v) is 15.7. The molecule has 0 aliphatic carbocycles. The molecule has 1 heterocycles. The van der Waals surface area contributed by atoms with Crippen LogP contribution in [0.5, 0.6) is 5.75 Å². The highest BCUT2D eigenvalue weighted by Crippen LogP contribution is 2.28. The molecule has 0 unspecified atom stereocenters. The molecule has 0 radical (unpaired) electrons. The van der Waals surface area contributed by atoms with Crippen molar-refractivity contribution in [2.24, 2.45) is 5.73 Å². The molecule has 2 amide bonds. The van der Waals surface area contributed by atoms with Gasteiger partial charge in [-0.2, -0.15) is 4.73 Å². The van der Waals surface area contributed by atoms with Gasteiger partial charge in [0, 0.05) is 11.1 Å². The highest BCUT2D eigenvalue weighted by molar-refractivity contribution is 6.31. The maximum absolute atomic E-state index is 13.4. The van der Waals surface area contributed by atoms with Gasteiger partial charge in [-0.1, -0.05) is 11.6 Å². The number of halogens is 3. The van der Waals surface area contributed by atoms with E-state index in [1.54, 1.807) is 12.1 Å². The monoisotopic (exact) mass is 423 g/mol. The molecule has 152 valence electrons. The first kappa shape index (κ1) is 20.5. The van der Waals surface area contributed by atoms with E-state index in [0.29, 0.717) is 30.3 Å². The summed E-state index contributed by atoms with van der Waals surface area (Å²) in [5.74, 6) is -2.13. The summed E-state index contributed by atoms with van der Waals surface area (Å²) in [6.45, 7) is 0.795. The Balaban J connectivity index is 1.79. The number of ether oxygens (including phenoxy) is 1. The SMILES string of the molecule is NCCCOc1ccc(Cl)cc1NC(=O)Nc1c[n+]([O-])c2cc(F)c(F)cc2n1. The number of amides is 2. The van der Waals surface area contributed by atoms with E-state index in [-0.39, 0.29) is 27.3 Å². The largest absolute Gasteiger partial charge is 0.618 e. The Labute approximate surface area is 168 Å². The number of nitrogens with two attached hydrogens (primary N) is 1. The minimum absolute atomic E-state index is 0.120. The highest BCUT2D eigenvalue weighted by Gasteiger charge is 2.16. The fourth-order valence-electron chi connectivity index (χ4n) is 2.45. The van der Waals surface area contributed by atoms with Crippen molar-refractivity contribution in [1.29, 1.82) is 0 Å². The summed E-state index contributed by atoms with van der Waals surface area (Å²) in [6, 6.07) is 5.42. The van der Waals surface area contributed by atoms with E-state index in [0.717, 1.165) is 18.3 Å². The van der Waals surface area contributed by atoms with Gasteiger partial charge in [-0.3, -0.25) is 5.32 Å². The number of anilines is 2. The van der Waals surface area contributed by atoms with E-state index in [2.05, 4.69) is 15.6 Å². The number of aromatic nitrogens is 2. The summed E-state index contributed by atoms with van der Waals surface area (Å²) >= 11 is 5.97. The Kier molecular flexibility index (Phi) is 6.25. The van der Waals surface area contributed by atoms with E-state index >= 15 is 0 Å². The number of carbonyl (C=O) groups is 1. The van der Waals surface area contributed by atoms with Gasteiger partial charge in [0.05, 0.1) is 18.4 Å². The van der Waals surface area contributed by atoms with Crippen LogP contribution in [0.4, 0.5) is 25.1 Å². The first-order valence-corrected chi connectivity index (χ1v) is 8.84. The Hall–Kier alpha value is -3.24. The third kappa shape index (κ3) is 4.98. The second-order valence-electron chi connectivity index (χ2n) is 5.92. The van der Waals surface area contributed by atoms with Gasteiger partial charge < -0.3 is 21.0 Å². The average Bonchev–Trinajstić information content (AvgIpc) is 2.65. The maximum atomic E-state index is 13.4. The molecular formula is C18H16ClF2N5O3. The Morgan fingerprint density at radius 1 is 1.24 bits per heavy atom. The number of urea groups is 1. The Morgan fingerprint density at radius 3 is 2.76 bits per heavy atom. The van der Waals surface area contributed by atoms with Crippen molar-refractivity contribution in [1.82, 2.24) is 4.98 Å². The minimum atomic E-state index is -1.18. The molecule has 11 heteroatoms. The maximum Gasteiger partial charge on any atom is 0.325 e. The van der Waals surface area contributed by atoms with Gasteiger partial charge in [-0.05, 0) is 31.2 Å². The van der Waals surface area contributed by atoms with Crippen LogP contribution in [-0.2, 0) is 0 Å². The molecule has 0 aliphatic heterocycles. The zero-order chi connectivity index (χ0) is 21.0. The van der Waals surface area contributed by atoms with Crippen LogP contribution < -0.4 is 25.8 Å². The molecule has 3 aromatic rings. The summed E-state index contributed by atoms with van der Waals surface area (Å²) < 4.78 is 32.5. The van der Waals surface area contributed by atoms with Crippen LogP contribution in [-0.4, -0.2) is 24.2 Å². The number of nitrogens with zero attached hydrogens (tertiary/aromatic N) is 2. The van der Waals surface area contributed by atoms with Crippen LogP contribution in [0.1, 0.15) is 6.42 Å². The van der Waals surface area contributed by atoms with Gasteiger partial charge in [0.25, 0.3) is 0 Å². The molecule has 4 N–H and O–H groups in total. The highest BCUT2D eigenvalue weighted by atomic mass is 35.5. The molecule has 0 saturated heterocycles. The second kappa shape index (κ2) is 8.84. The predicted octanol–water partition coefficient (Wildman–Crippen LogP) is 3.17. The van der Waals surface area contributed by atoms with Crippen LogP contribution in [0.2, 0.25) is 5.02 Å². The third-order valence-corrected chi connectivity index (χ3v) is 4.01. The quantitative estimate of drug-likeness (QED) is 0.320. The number of fused-ring (bicyclic) bond motifs is 1. The second-order valence-corrected chi connectivity index (χ2v) is 6.35. The lowest BCUT2D eigenvalue weighted by Crippen LogP contribution is -2.30. The van der Waals surface area contributed by atoms with Crippen LogP contribution >= 0.6 is 11.6 Å². The van der Waals surface area contributed by atoms with Gasteiger partial charge in [0.15, 0.2) is 11.6 Å². The van der Waals surface area contributed by atoms with Gasteiger partial charge in [-0.15, -0.1) is 0 Å².